The second-order valence-corrected chi connectivity index (χ2v) is 5.55. The Hall–Kier alpha value is -1.29. The Balaban J connectivity index is 2.89. The topological polar surface area (TPSA) is 54.0 Å². The number of aromatic nitrogens is 1. The summed E-state index contributed by atoms with van der Waals surface area (Å²) in [7, 11) is 0. The van der Waals surface area contributed by atoms with Gasteiger partial charge < -0.3 is 10.6 Å². The fraction of sp³-hybridized carbons (Fsp3) is 0.571. The Morgan fingerprint density at radius 3 is 2.63 bits per heavy atom. The fourth-order valence-corrected chi connectivity index (χ4v) is 1.60. The molecule has 0 aliphatic rings. The summed E-state index contributed by atoms with van der Waals surface area (Å²) in [4.78, 5) is 16.5. The summed E-state index contributed by atoms with van der Waals surface area (Å²) in [6.45, 7) is 8.85. The van der Waals surface area contributed by atoms with E-state index < -0.39 is 0 Å². The second kappa shape index (κ2) is 6.75. The Morgan fingerprint density at radius 1 is 1.37 bits per heavy atom. The van der Waals surface area contributed by atoms with Crippen molar-refractivity contribution in [2.45, 2.75) is 46.1 Å². The molecule has 0 aliphatic carbocycles. The lowest BCUT2D eigenvalue weighted by molar-refractivity contribution is 0.0906. The average Bonchev–Trinajstić information content (AvgIpc) is 2.37. The van der Waals surface area contributed by atoms with E-state index in [0.717, 1.165) is 19.4 Å². The Morgan fingerprint density at radius 2 is 2.05 bits per heavy atom. The molecule has 0 spiro atoms. The first-order chi connectivity index (χ1) is 8.89. The van der Waals surface area contributed by atoms with Gasteiger partial charge in [0.15, 0.2) is 0 Å². The van der Waals surface area contributed by atoms with Crippen molar-refractivity contribution in [3.8, 4) is 0 Å². The van der Waals surface area contributed by atoms with Gasteiger partial charge in [-0.25, -0.2) is 4.98 Å². The first kappa shape index (κ1) is 15.8. The van der Waals surface area contributed by atoms with Gasteiger partial charge in [0.25, 0.3) is 5.91 Å². The SMILES string of the molecule is CCCNc1ccc(Cl)c(C(=O)NC(C)(C)CC)n1. The Labute approximate surface area is 120 Å². The van der Waals surface area contributed by atoms with Gasteiger partial charge in [0, 0.05) is 12.1 Å². The number of hydrogen-bond acceptors (Lipinski definition) is 3. The molecule has 0 radical (unpaired) electrons. The highest BCUT2D eigenvalue weighted by Gasteiger charge is 2.21. The van der Waals surface area contributed by atoms with Gasteiger partial charge in [-0.3, -0.25) is 4.79 Å². The smallest absolute Gasteiger partial charge is 0.271 e. The van der Waals surface area contributed by atoms with Crippen LogP contribution in [0, 0.1) is 0 Å². The maximum absolute atomic E-state index is 12.2. The average molecular weight is 284 g/mol. The first-order valence-corrected chi connectivity index (χ1v) is 7.00. The van der Waals surface area contributed by atoms with Crippen LogP contribution in [0.5, 0.6) is 0 Å². The van der Waals surface area contributed by atoms with Crippen LogP contribution < -0.4 is 10.6 Å². The maximum atomic E-state index is 12.2. The zero-order valence-corrected chi connectivity index (χ0v) is 12.8. The summed E-state index contributed by atoms with van der Waals surface area (Å²) in [5.74, 6) is 0.433. The number of carbonyl (C=O) groups is 1. The largest absolute Gasteiger partial charge is 0.370 e. The third-order valence-electron chi connectivity index (χ3n) is 2.95. The van der Waals surface area contributed by atoms with Crippen LogP contribution in [0.25, 0.3) is 0 Å². The summed E-state index contributed by atoms with van der Waals surface area (Å²) in [6, 6.07) is 3.47. The molecular formula is C14H22ClN3O. The lowest BCUT2D eigenvalue weighted by atomic mass is 10.0. The number of rotatable bonds is 6. The first-order valence-electron chi connectivity index (χ1n) is 6.62. The lowest BCUT2D eigenvalue weighted by Crippen LogP contribution is -2.43. The highest BCUT2D eigenvalue weighted by atomic mass is 35.5. The number of amides is 1. The molecule has 0 bridgehead atoms. The number of anilines is 1. The molecule has 0 atom stereocenters. The van der Waals surface area contributed by atoms with Gasteiger partial charge in [-0.1, -0.05) is 25.4 Å². The van der Waals surface area contributed by atoms with Crippen LogP contribution in [-0.2, 0) is 0 Å². The van der Waals surface area contributed by atoms with Crippen molar-refractivity contribution in [2.75, 3.05) is 11.9 Å². The molecule has 1 heterocycles. The lowest BCUT2D eigenvalue weighted by Gasteiger charge is -2.24. The number of halogens is 1. The maximum Gasteiger partial charge on any atom is 0.271 e. The van der Waals surface area contributed by atoms with E-state index in [9.17, 15) is 4.79 Å². The highest BCUT2D eigenvalue weighted by Crippen LogP contribution is 2.18. The molecule has 0 saturated heterocycles. The van der Waals surface area contributed by atoms with Crippen molar-refractivity contribution < 1.29 is 4.79 Å². The third kappa shape index (κ3) is 4.71. The Bertz CT molecular complexity index is 446. The van der Waals surface area contributed by atoms with Crippen LogP contribution in [0.1, 0.15) is 51.0 Å². The van der Waals surface area contributed by atoms with Gasteiger partial charge >= 0.3 is 0 Å². The van der Waals surface area contributed by atoms with Gasteiger partial charge in [0.1, 0.15) is 11.5 Å². The Kier molecular flexibility index (Phi) is 5.60. The molecule has 0 fully saturated rings. The summed E-state index contributed by atoms with van der Waals surface area (Å²) < 4.78 is 0. The minimum absolute atomic E-state index is 0.239. The van der Waals surface area contributed by atoms with Crippen molar-refractivity contribution in [3.63, 3.8) is 0 Å². The monoisotopic (exact) mass is 283 g/mol. The quantitative estimate of drug-likeness (QED) is 0.840. The van der Waals surface area contributed by atoms with E-state index in [1.807, 2.05) is 20.8 Å². The number of nitrogens with one attached hydrogen (secondary N) is 2. The molecular weight excluding hydrogens is 262 g/mol. The van der Waals surface area contributed by atoms with Crippen LogP contribution in [0.15, 0.2) is 12.1 Å². The van der Waals surface area contributed by atoms with Gasteiger partial charge in [-0.15, -0.1) is 0 Å². The van der Waals surface area contributed by atoms with E-state index in [2.05, 4.69) is 22.5 Å². The van der Waals surface area contributed by atoms with Crippen molar-refractivity contribution in [1.29, 1.82) is 0 Å². The second-order valence-electron chi connectivity index (χ2n) is 5.15. The van der Waals surface area contributed by atoms with E-state index >= 15 is 0 Å². The minimum Gasteiger partial charge on any atom is -0.370 e. The zero-order valence-electron chi connectivity index (χ0n) is 12.0. The van der Waals surface area contributed by atoms with E-state index in [0.29, 0.717) is 10.8 Å². The van der Waals surface area contributed by atoms with Gasteiger partial charge in [0.05, 0.1) is 5.02 Å². The van der Waals surface area contributed by atoms with Crippen LogP contribution in [0.2, 0.25) is 5.02 Å². The van der Waals surface area contributed by atoms with Gasteiger partial charge in [-0.2, -0.15) is 0 Å². The normalized spacial score (nSPS) is 11.2. The van der Waals surface area contributed by atoms with Crippen LogP contribution in [0.3, 0.4) is 0 Å². The van der Waals surface area contributed by atoms with Crippen LogP contribution >= 0.6 is 11.6 Å². The molecule has 5 heteroatoms. The highest BCUT2D eigenvalue weighted by molar-refractivity contribution is 6.33. The molecule has 4 nitrogen and oxygen atoms in total. The fourth-order valence-electron chi connectivity index (χ4n) is 1.41. The molecule has 2 N–H and O–H groups in total. The number of nitrogens with zero attached hydrogens (tertiary/aromatic N) is 1. The third-order valence-corrected chi connectivity index (χ3v) is 3.26. The van der Waals surface area contributed by atoms with Crippen LogP contribution in [0.4, 0.5) is 5.82 Å². The molecule has 106 valence electrons. The standard InChI is InChI=1S/C14H22ClN3O/c1-5-9-16-11-8-7-10(15)12(17-11)13(19)18-14(3,4)6-2/h7-8H,5-6,9H2,1-4H3,(H,16,17)(H,18,19). The van der Waals surface area contributed by atoms with Crippen LogP contribution in [-0.4, -0.2) is 23.0 Å². The predicted octanol–water partition coefficient (Wildman–Crippen LogP) is 3.48. The minimum atomic E-state index is -0.269. The van der Waals surface area contributed by atoms with E-state index in [4.69, 9.17) is 11.6 Å². The predicted molar refractivity (Wildman–Crippen MR) is 79.9 cm³/mol. The molecule has 1 amide bonds. The van der Waals surface area contributed by atoms with E-state index in [1.165, 1.54) is 0 Å². The zero-order chi connectivity index (χ0) is 14.5. The molecule has 19 heavy (non-hydrogen) atoms. The van der Waals surface area contributed by atoms with Gasteiger partial charge in [0.2, 0.25) is 0 Å². The molecule has 0 unspecified atom stereocenters. The van der Waals surface area contributed by atoms with Crippen molar-refractivity contribution in [1.82, 2.24) is 10.3 Å². The molecule has 0 aliphatic heterocycles. The molecule has 0 saturated carbocycles. The van der Waals surface area contributed by atoms with Crippen molar-refractivity contribution in [3.05, 3.63) is 22.8 Å². The van der Waals surface area contributed by atoms with E-state index in [-0.39, 0.29) is 17.1 Å². The number of hydrogen-bond donors (Lipinski definition) is 2. The summed E-state index contributed by atoms with van der Waals surface area (Å²) in [5.41, 5.74) is -0.00104. The number of pyridine rings is 1. The molecule has 1 aromatic heterocycles. The van der Waals surface area contributed by atoms with Crippen molar-refractivity contribution >= 4 is 23.3 Å². The summed E-state index contributed by atoms with van der Waals surface area (Å²) in [5, 5.41) is 6.44. The van der Waals surface area contributed by atoms with Gasteiger partial charge in [-0.05, 0) is 38.8 Å². The molecule has 1 rings (SSSR count). The summed E-state index contributed by atoms with van der Waals surface area (Å²) in [6.07, 6.45) is 1.83. The van der Waals surface area contributed by atoms with Crippen molar-refractivity contribution in [2.24, 2.45) is 0 Å². The number of carbonyl (C=O) groups excluding carboxylic acids is 1. The van der Waals surface area contributed by atoms with E-state index in [1.54, 1.807) is 12.1 Å². The summed E-state index contributed by atoms with van der Waals surface area (Å²) >= 11 is 6.05. The molecule has 1 aromatic rings. The molecule has 0 aromatic carbocycles.